The van der Waals surface area contributed by atoms with Gasteiger partial charge in [0.2, 0.25) is 5.91 Å². The number of fused-ring (bicyclic) bond motifs is 3. The number of methoxy groups -OCH3 is 1. The molecule has 2 aromatic rings. The van der Waals surface area contributed by atoms with Gasteiger partial charge in [-0.15, -0.1) is 11.3 Å². The highest BCUT2D eigenvalue weighted by atomic mass is 32.1. The predicted molar refractivity (Wildman–Crippen MR) is 113 cm³/mol. The van der Waals surface area contributed by atoms with E-state index in [4.69, 9.17) is 9.47 Å². The molecule has 1 aliphatic rings. The molecule has 0 bridgehead atoms. The normalized spacial score (nSPS) is 15.7. The van der Waals surface area contributed by atoms with Gasteiger partial charge in [0.25, 0.3) is 5.56 Å². The lowest BCUT2D eigenvalue weighted by atomic mass is 9.94. The number of amides is 1. The average Bonchev–Trinajstić information content (AvgIpc) is 2.99. The fourth-order valence-electron chi connectivity index (χ4n) is 3.61. The number of rotatable bonds is 7. The van der Waals surface area contributed by atoms with Crippen molar-refractivity contribution >= 4 is 27.5 Å². The van der Waals surface area contributed by atoms with Gasteiger partial charge in [-0.25, -0.2) is 4.79 Å². The van der Waals surface area contributed by atoms with E-state index in [9.17, 15) is 14.4 Å². The van der Waals surface area contributed by atoms with Gasteiger partial charge >= 0.3 is 5.69 Å². The largest absolute Gasteiger partial charge is 0.385 e. The third kappa shape index (κ3) is 4.31. The van der Waals surface area contributed by atoms with Crippen molar-refractivity contribution in [3.05, 3.63) is 31.3 Å². The Morgan fingerprint density at radius 3 is 2.72 bits per heavy atom. The summed E-state index contributed by atoms with van der Waals surface area (Å²) in [6, 6.07) is -0.143. The highest BCUT2D eigenvalue weighted by Gasteiger charge is 2.32. The molecule has 2 aromatic heterocycles. The van der Waals surface area contributed by atoms with Crippen LogP contribution in [0.3, 0.4) is 0 Å². The molecule has 0 aliphatic carbocycles. The first kappa shape index (κ1) is 21.7. The van der Waals surface area contributed by atoms with Gasteiger partial charge in [0.15, 0.2) is 0 Å². The van der Waals surface area contributed by atoms with Crippen LogP contribution < -0.4 is 16.6 Å². The van der Waals surface area contributed by atoms with E-state index < -0.39 is 11.2 Å². The zero-order valence-electron chi connectivity index (χ0n) is 17.7. The average molecular weight is 424 g/mol. The first-order chi connectivity index (χ1) is 13.7. The molecule has 1 aliphatic heterocycles. The van der Waals surface area contributed by atoms with Gasteiger partial charge in [0.1, 0.15) is 11.4 Å². The molecule has 0 atom stereocenters. The number of ether oxygens (including phenoxy) is 2. The summed E-state index contributed by atoms with van der Waals surface area (Å²) in [7, 11) is 1.60. The van der Waals surface area contributed by atoms with E-state index in [-0.39, 0.29) is 24.1 Å². The Kier molecular flexibility index (Phi) is 6.30. The van der Waals surface area contributed by atoms with Crippen LogP contribution in [0.5, 0.6) is 0 Å². The molecular weight excluding hydrogens is 394 g/mol. The number of aromatic nitrogens is 2. The van der Waals surface area contributed by atoms with Crippen molar-refractivity contribution in [1.82, 2.24) is 14.5 Å². The lowest BCUT2D eigenvalue weighted by Crippen LogP contribution is -2.44. The molecule has 0 fully saturated rings. The van der Waals surface area contributed by atoms with Crippen LogP contribution in [-0.4, -0.2) is 40.9 Å². The molecule has 0 spiro atoms. The minimum atomic E-state index is -0.455. The zero-order valence-corrected chi connectivity index (χ0v) is 18.5. The fraction of sp³-hybridized carbons (Fsp3) is 0.650. The summed E-state index contributed by atoms with van der Waals surface area (Å²) in [5.41, 5.74) is -0.294. The molecule has 29 heavy (non-hydrogen) atoms. The van der Waals surface area contributed by atoms with Gasteiger partial charge in [0, 0.05) is 37.6 Å². The third-order valence-electron chi connectivity index (χ3n) is 5.05. The maximum atomic E-state index is 13.3. The van der Waals surface area contributed by atoms with Crippen molar-refractivity contribution in [3.8, 4) is 0 Å². The first-order valence-corrected chi connectivity index (χ1v) is 10.7. The Balaban J connectivity index is 2.08. The molecule has 3 rings (SSSR count). The molecule has 0 unspecified atom stereocenters. The Labute approximate surface area is 173 Å². The first-order valence-electron chi connectivity index (χ1n) is 9.85. The number of nitrogens with one attached hydrogen (secondary N) is 1. The second-order valence-corrected chi connectivity index (χ2v) is 9.33. The van der Waals surface area contributed by atoms with Crippen LogP contribution in [0.15, 0.2) is 9.59 Å². The van der Waals surface area contributed by atoms with E-state index in [2.05, 4.69) is 5.32 Å². The summed E-state index contributed by atoms with van der Waals surface area (Å²) in [5.74, 6) is -0.359. The topological polar surface area (TPSA) is 91.6 Å². The fourth-order valence-corrected chi connectivity index (χ4v) is 4.96. The molecule has 0 aromatic carbocycles. The molecule has 8 nitrogen and oxygen atoms in total. The summed E-state index contributed by atoms with van der Waals surface area (Å²) in [5, 5.41) is 3.29. The van der Waals surface area contributed by atoms with Crippen molar-refractivity contribution < 1.29 is 14.3 Å². The van der Waals surface area contributed by atoms with Crippen molar-refractivity contribution in [2.24, 2.45) is 0 Å². The molecule has 9 heteroatoms. The van der Waals surface area contributed by atoms with E-state index >= 15 is 0 Å². The summed E-state index contributed by atoms with van der Waals surface area (Å²) < 4.78 is 13.5. The second-order valence-electron chi connectivity index (χ2n) is 8.24. The molecule has 160 valence electrons. The minimum Gasteiger partial charge on any atom is -0.385 e. The third-order valence-corrected chi connectivity index (χ3v) is 6.25. The number of nitrogens with zero attached hydrogens (tertiary/aromatic N) is 2. The smallest absolute Gasteiger partial charge is 0.332 e. The maximum Gasteiger partial charge on any atom is 0.332 e. The van der Waals surface area contributed by atoms with Gasteiger partial charge in [-0.2, -0.15) is 0 Å². The molecule has 0 saturated carbocycles. The summed E-state index contributed by atoms with van der Waals surface area (Å²) >= 11 is 1.44. The SMILES string of the molecule is COCCCNC(=O)Cn1c(=O)c2c3c(sc2n(C(C)C)c1=O)COC(C)(C)C3. The number of carbonyl (C=O) groups is 1. The summed E-state index contributed by atoms with van der Waals surface area (Å²) in [6.07, 6.45) is 1.26. The van der Waals surface area contributed by atoms with E-state index in [1.165, 1.54) is 11.3 Å². The standard InChI is InChI=1S/C20H29N3O5S/c1-12(2)23-18-16(13-9-20(3,4)28-11-14(13)29-18)17(25)22(19(23)26)10-15(24)21-7-6-8-27-5/h12H,6-11H2,1-5H3,(H,21,24). The minimum absolute atomic E-state index is 0.143. The van der Waals surface area contributed by atoms with Gasteiger partial charge in [-0.1, -0.05) is 0 Å². The Hall–Kier alpha value is -1.97. The Bertz CT molecular complexity index is 1030. The van der Waals surface area contributed by atoms with Crippen LogP contribution in [0.1, 0.15) is 50.6 Å². The van der Waals surface area contributed by atoms with Crippen molar-refractivity contribution in [3.63, 3.8) is 0 Å². The van der Waals surface area contributed by atoms with E-state index in [0.29, 0.717) is 42.8 Å². The number of hydrogen-bond donors (Lipinski definition) is 1. The second kappa shape index (κ2) is 8.41. The van der Waals surface area contributed by atoms with Crippen LogP contribution in [0.25, 0.3) is 10.2 Å². The molecule has 0 radical (unpaired) electrons. The van der Waals surface area contributed by atoms with Crippen LogP contribution >= 0.6 is 11.3 Å². The molecule has 3 heterocycles. The highest BCUT2D eigenvalue weighted by molar-refractivity contribution is 7.18. The maximum absolute atomic E-state index is 13.3. The van der Waals surface area contributed by atoms with Gasteiger partial charge in [-0.3, -0.25) is 18.7 Å². The van der Waals surface area contributed by atoms with Crippen molar-refractivity contribution in [1.29, 1.82) is 0 Å². The molecule has 0 saturated heterocycles. The van der Waals surface area contributed by atoms with Crippen LogP contribution in [0.2, 0.25) is 0 Å². The van der Waals surface area contributed by atoms with Gasteiger partial charge in [-0.05, 0) is 39.7 Å². The molecule has 1 N–H and O–H groups in total. The highest BCUT2D eigenvalue weighted by Crippen LogP contribution is 2.37. The van der Waals surface area contributed by atoms with Crippen LogP contribution in [0.4, 0.5) is 0 Å². The predicted octanol–water partition coefficient (Wildman–Crippen LogP) is 1.81. The number of hydrogen-bond acceptors (Lipinski definition) is 6. The summed E-state index contributed by atoms with van der Waals surface area (Å²) in [4.78, 5) is 40.4. The monoisotopic (exact) mass is 423 g/mol. The Morgan fingerprint density at radius 2 is 2.07 bits per heavy atom. The quantitative estimate of drug-likeness (QED) is 0.686. The number of thiophene rings is 1. The van der Waals surface area contributed by atoms with E-state index in [0.717, 1.165) is 15.0 Å². The van der Waals surface area contributed by atoms with Crippen LogP contribution in [-0.2, 0) is 33.8 Å². The summed E-state index contributed by atoms with van der Waals surface area (Å²) in [6.45, 7) is 8.88. The number of carbonyl (C=O) groups excluding carboxylic acids is 1. The van der Waals surface area contributed by atoms with Crippen molar-refractivity contribution in [2.75, 3.05) is 20.3 Å². The van der Waals surface area contributed by atoms with Crippen LogP contribution in [0, 0.1) is 0 Å². The van der Waals surface area contributed by atoms with E-state index in [1.54, 1.807) is 11.7 Å². The van der Waals surface area contributed by atoms with E-state index in [1.807, 2.05) is 27.7 Å². The molecular formula is C20H29N3O5S. The zero-order chi connectivity index (χ0) is 21.3. The molecule has 1 amide bonds. The lowest BCUT2D eigenvalue weighted by molar-refractivity contribution is -0.121. The van der Waals surface area contributed by atoms with Gasteiger partial charge < -0.3 is 14.8 Å². The Morgan fingerprint density at radius 1 is 1.34 bits per heavy atom. The van der Waals surface area contributed by atoms with Crippen molar-refractivity contribution in [2.45, 2.75) is 65.3 Å². The van der Waals surface area contributed by atoms with Gasteiger partial charge in [0.05, 0.1) is 17.6 Å². The lowest BCUT2D eigenvalue weighted by Gasteiger charge is -2.29.